The molecule has 0 saturated carbocycles. The highest BCUT2D eigenvalue weighted by molar-refractivity contribution is 7.99. The van der Waals surface area contributed by atoms with E-state index in [0.29, 0.717) is 11.7 Å². The quantitative estimate of drug-likeness (QED) is 0.458. The van der Waals surface area contributed by atoms with Crippen LogP contribution in [0.4, 0.5) is 0 Å². The second kappa shape index (κ2) is 2.70. The molecule has 0 bridgehead atoms. The first-order chi connectivity index (χ1) is 4.66. The molecule has 0 fully saturated rings. The Morgan fingerprint density at radius 2 is 2.50 bits per heavy atom. The van der Waals surface area contributed by atoms with Crippen molar-refractivity contribution in [2.45, 2.75) is 19.8 Å². The van der Waals surface area contributed by atoms with Gasteiger partial charge in [-0.05, 0) is 24.1 Å². The third-order valence-electron chi connectivity index (χ3n) is 1.82. The maximum atomic E-state index is 11.3. The molecule has 0 radical (unpaired) electrons. The molecule has 1 aliphatic heterocycles. The summed E-state index contributed by atoms with van der Waals surface area (Å²) >= 11 is 0. The van der Waals surface area contributed by atoms with E-state index in [-0.39, 0.29) is 0 Å². The fraction of sp³-hybridized carbons (Fsp3) is 0.833. The summed E-state index contributed by atoms with van der Waals surface area (Å²) in [5.41, 5.74) is 6.68. The molecular formula is C6H12N2OS. The van der Waals surface area contributed by atoms with Gasteiger partial charge in [-0.3, -0.25) is 0 Å². The summed E-state index contributed by atoms with van der Waals surface area (Å²) in [6.45, 7) is 2.12. The fourth-order valence-electron chi connectivity index (χ4n) is 0.969. The second-order valence-electron chi connectivity index (χ2n) is 2.78. The molecule has 58 valence electrons. The largest absolute Gasteiger partial charge is 0.244 e. The van der Waals surface area contributed by atoms with Gasteiger partial charge >= 0.3 is 0 Å². The van der Waals surface area contributed by atoms with Crippen molar-refractivity contribution in [3.05, 3.63) is 0 Å². The number of nitrogens with zero attached hydrogens (tertiary/aromatic N) is 1. The molecule has 0 aromatic heterocycles. The summed E-state index contributed by atoms with van der Waals surface area (Å²) in [6.07, 6.45) is 1.79. The standard InChI is InChI=1S/C6H12N2OS/c1-6-2-4-10(9,8-7)5-3-6/h4,6-7H,2-3,5H2,1H3. The first kappa shape index (κ1) is 7.72. The molecule has 1 rings (SSSR count). The third kappa shape index (κ3) is 1.56. The average molecular weight is 160 g/mol. The van der Waals surface area contributed by atoms with Gasteiger partial charge in [-0.1, -0.05) is 6.92 Å². The predicted molar refractivity (Wildman–Crippen MR) is 42.6 cm³/mol. The lowest BCUT2D eigenvalue weighted by Gasteiger charge is -2.15. The highest BCUT2D eigenvalue weighted by Gasteiger charge is 2.14. The van der Waals surface area contributed by atoms with Crippen LogP contribution in [0.5, 0.6) is 0 Å². The van der Waals surface area contributed by atoms with Crippen LogP contribution in [0.3, 0.4) is 0 Å². The fourth-order valence-corrected chi connectivity index (χ4v) is 2.67. The van der Waals surface area contributed by atoms with Crippen LogP contribution in [-0.2, 0) is 9.71 Å². The molecule has 1 N–H and O–H groups in total. The van der Waals surface area contributed by atoms with E-state index in [9.17, 15) is 4.21 Å². The number of hydrogen-bond acceptors (Lipinski definition) is 2. The Kier molecular flexibility index (Phi) is 2.08. The molecule has 1 heterocycles. The summed E-state index contributed by atoms with van der Waals surface area (Å²) < 4.78 is 14.4. The highest BCUT2D eigenvalue weighted by Crippen LogP contribution is 2.15. The van der Waals surface area contributed by atoms with Crippen LogP contribution in [-0.4, -0.2) is 15.3 Å². The first-order valence-corrected chi connectivity index (χ1v) is 5.15. The Balaban J connectivity index is 2.83. The summed E-state index contributed by atoms with van der Waals surface area (Å²) in [7, 11) is -2.19. The molecular weight excluding hydrogens is 148 g/mol. The van der Waals surface area contributed by atoms with Crippen molar-refractivity contribution in [3.63, 3.8) is 0 Å². The lowest BCUT2D eigenvalue weighted by molar-refractivity contribution is 0.581. The molecule has 0 aromatic rings. The van der Waals surface area contributed by atoms with Gasteiger partial charge < -0.3 is 0 Å². The Bertz CT molecular complexity index is 240. The van der Waals surface area contributed by atoms with E-state index in [4.69, 9.17) is 5.53 Å². The monoisotopic (exact) mass is 160 g/mol. The number of rotatable bonds is 1. The molecule has 1 aliphatic rings. The zero-order valence-electron chi connectivity index (χ0n) is 6.04. The zero-order valence-corrected chi connectivity index (χ0v) is 6.86. The van der Waals surface area contributed by atoms with Gasteiger partial charge in [0.1, 0.15) is 0 Å². The van der Waals surface area contributed by atoms with E-state index >= 15 is 0 Å². The van der Waals surface area contributed by atoms with Crippen molar-refractivity contribution in [2.24, 2.45) is 10.4 Å². The van der Waals surface area contributed by atoms with E-state index in [1.54, 1.807) is 5.37 Å². The molecule has 10 heavy (non-hydrogen) atoms. The van der Waals surface area contributed by atoms with E-state index in [1.807, 2.05) is 0 Å². The molecule has 0 aromatic carbocycles. The van der Waals surface area contributed by atoms with E-state index in [0.717, 1.165) is 12.8 Å². The molecule has 3 nitrogen and oxygen atoms in total. The maximum Gasteiger partial charge on any atom is 0.0879 e. The summed E-state index contributed by atoms with van der Waals surface area (Å²) in [5, 5.41) is 1.70. The second-order valence-corrected chi connectivity index (χ2v) is 5.09. The smallest absolute Gasteiger partial charge is 0.0879 e. The maximum absolute atomic E-state index is 11.3. The van der Waals surface area contributed by atoms with Crippen molar-refractivity contribution in [3.8, 4) is 0 Å². The van der Waals surface area contributed by atoms with Crippen molar-refractivity contribution in [1.82, 2.24) is 0 Å². The van der Waals surface area contributed by atoms with Crippen molar-refractivity contribution < 1.29 is 4.21 Å². The van der Waals surface area contributed by atoms with Crippen LogP contribution in [0.15, 0.2) is 4.52 Å². The van der Waals surface area contributed by atoms with Crippen LogP contribution in [0.2, 0.25) is 0 Å². The molecule has 0 amide bonds. The lowest BCUT2D eigenvalue weighted by Crippen LogP contribution is -2.16. The Hall–Kier alpha value is -0.380. The van der Waals surface area contributed by atoms with E-state index in [2.05, 4.69) is 11.4 Å². The van der Waals surface area contributed by atoms with Crippen molar-refractivity contribution in [2.75, 3.05) is 5.75 Å². The topological polar surface area (TPSA) is 53.3 Å². The summed E-state index contributed by atoms with van der Waals surface area (Å²) in [4.78, 5) is 0. The molecule has 4 heteroatoms. The number of hydrogen-bond donors (Lipinski definition) is 1. The highest BCUT2D eigenvalue weighted by atomic mass is 32.2. The Morgan fingerprint density at radius 1 is 1.80 bits per heavy atom. The van der Waals surface area contributed by atoms with Gasteiger partial charge in [-0.2, -0.15) is 5.53 Å². The third-order valence-corrected chi connectivity index (χ3v) is 3.66. The van der Waals surface area contributed by atoms with Crippen LogP contribution >= 0.6 is 0 Å². The van der Waals surface area contributed by atoms with Crippen LogP contribution in [0.1, 0.15) is 19.8 Å². The van der Waals surface area contributed by atoms with Gasteiger partial charge in [0.15, 0.2) is 0 Å². The normalized spacial score (nSPS) is 40.3. The van der Waals surface area contributed by atoms with Gasteiger partial charge in [-0.15, -0.1) is 4.52 Å². The van der Waals surface area contributed by atoms with Gasteiger partial charge in [0.25, 0.3) is 0 Å². The lowest BCUT2D eigenvalue weighted by atomic mass is 10.1. The summed E-state index contributed by atoms with van der Waals surface area (Å²) in [6, 6.07) is 0. The summed E-state index contributed by atoms with van der Waals surface area (Å²) in [5.74, 6) is 1.20. The zero-order chi connectivity index (χ0) is 7.61. The minimum absolute atomic E-state index is 0.581. The number of nitrogens with one attached hydrogen (secondary N) is 1. The predicted octanol–water partition coefficient (Wildman–Crippen LogP) is 1.45. The van der Waals surface area contributed by atoms with Crippen LogP contribution < -0.4 is 0 Å². The molecule has 2 unspecified atom stereocenters. The van der Waals surface area contributed by atoms with Crippen molar-refractivity contribution >= 4 is 15.1 Å². The molecule has 2 atom stereocenters. The van der Waals surface area contributed by atoms with Gasteiger partial charge in [0.05, 0.1) is 9.71 Å². The molecule has 0 aliphatic carbocycles. The minimum Gasteiger partial charge on any atom is -0.244 e. The van der Waals surface area contributed by atoms with Crippen LogP contribution in [0, 0.1) is 11.4 Å². The van der Waals surface area contributed by atoms with Crippen molar-refractivity contribution in [1.29, 1.82) is 5.53 Å². The SMILES string of the molecule is CC1CC=S(=O)(N=N)CC1. The Morgan fingerprint density at radius 3 is 2.90 bits per heavy atom. The average Bonchev–Trinajstić information content (AvgIpc) is 1.96. The van der Waals surface area contributed by atoms with Gasteiger partial charge in [0.2, 0.25) is 0 Å². The molecule has 0 spiro atoms. The molecule has 0 saturated heterocycles. The Labute approximate surface area is 61.5 Å². The van der Waals surface area contributed by atoms with Crippen LogP contribution in [0.25, 0.3) is 0 Å². The van der Waals surface area contributed by atoms with Gasteiger partial charge in [-0.25, -0.2) is 4.21 Å². The first-order valence-electron chi connectivity index (χ1n) is 3.40. The van der Waals surface area contributed by atoms with Gasteiger partial charge in [0, 0.05) is 5.75 Å². The van der Waals surface area contributed by atoms with E-state index < -0.39 is 9.71 Å². The van der Waals surface area contributed by atoms with E-state index in [1.165, 1.54) is 0 Å². The minimum atomic E-state index is -2.19.